The van der Waals surface area contributed by atoms with Gasteiger partial charge in [0.05, 0.1) is 18.1 Å². The molecule has 0 aliphatic heterocycles. The number of fused-ring (bicyclic) bond motifs is 1. The molecule has 0 saturated heterocycles. The Bertz CT molecular complexity index is 1080. The number of nitrogens with one attached hydrogen (secondary N) is 2. The molecule has 2 amide bonds. The van der Waals surface area contributed by atoms with E-state index in [0.717, 1.165) is 17.1 Å². The first-order chi connectivity index (χ1) is 15.2. The number of hydrogen-bond acceptors (Lipinski definition) is 5. The summed E-state index contributed by atoms with van der Waals surface area (Å²) in [6.45, 7) is 6.80. The topological polar surface area (TPSA) is 104 Å². The summed E-state index contributed by atoms with van der Waals surface area (Å²) in [5, 5.41) is 4.34. The molecule has 0 saturated carbocycles. The van der Waals surface area contributed by atoms with E-state index in [2.05, 4.69) is 15.3 Å². The molecule has 0 aliphatic carbocycles. The molecule has 3 rings (SSSR count). The minimum Gasteiger partial charge on any atom is -0.444 e. The van der Waals surface area contributed by atoms with Gasteiger partial charge in [0.25, 0.3) is 0 Å². The van der Waals surface area contributed by atoms with Gasteiger partial charge < -0.3 is 19.8 Å². The molecule has 8 nitrogen and oxygen atoms in total. The number of aldehydes is 1. The van der Waals surface area contributed by atoms with Crippen LogP contribution in [0.1, 0.15) is 33.4 Å². The average molecular weight is 437 g/mol. The van der Waals surface area contributed by atoms with E-state index >= 15 is 0 Å². The van der Waals surface area contributed by atoms with E-state index < -0.39 is 29.7 Å². The Hall–Kier alpha value is -3.68. The second kappa shape index (κ2) is 9.64. The summed E-state index contributed by atoms with van der Waals surface area (Å²) in [5.41, 5.74) is 0.601. The molecule has 2 N–H and O–H groups in total. The predicted octanol–water partition coefficient (Wildman–Crippen LogP) is 3.62. The van der Waals surface area contributed by atoms with Crippen molar-refractivity contribution in [1.82, 2.24) is 15.3 Å². The second-order valence-electron chi connectivity index (χ2n) is 8.56. The van der Waals surface area contributed by atoms with Gasteiger partial charge in [-0.15, -0.1) is 0 Å². The Balaban J connectivity index is 1.98. The Kier molecular flexibility index (Phi) is 6.92. The van der Waals surface area contributed by atoms with Crippen LogP contribution in [-0.2, 0) is 20.7 Å². The van der Waals surface area contributed by atoms with Gasteiger partial charge in [-0.05, 0) is 39.1 Å². The normalized spacial score (nSPS) is 13.2. The summed E-state index contributed by atoms with van der Waals surface area (Å²) in [7, 11) is 0. The molecule has 8 heteroatoms. The smallest absolute Gasteiger partial charge is 0.408 e. The van der Waals surface area contributed by atoms with Crippen molar-refractivity contribution in [1.29, 1.82) is 0 Å². The van der Waals surface area contributed by atoms with Gasteiger partial charge in [-0.3, -0.25) is 9.69 Å². The maximum absolute atomic E-state index is 13.6. The predicted molar refractivity (Wildman–Crippen MR) is 122 cm³/mol. The van der Waals surface area contributed by atoms with Crippen LogP contribution >= 0.6 is 0 Å². The largest absolute Gasteiger partial charge is 0.444 e. The van der Waals surface area contributed by atoms with Crippen molar-refractivity contribution in [3.8, 4) is 0 Å². The average Bonchev–Trinajstić information content (AvgIpc) is 3.25. The third kappa shape index (κ3) is 5.51. The monoisotopic (exact) mass is 436 g/mol. The Morgan fingerprint density at radius 1 is 1.19 bits per heavy atom. The Labute approximate surface area is 187 Å². The molecule has 0 bridgehead atoms. The number of nitrogens with zero attached hydrogens (tertiary/aromatic N) is 2. The van der Waals surface area contributed by atoms with Gasteiger partial charge in [0.2, 0.25) is 5.91 Å². The first kappa shape index (κ1) is 23.0. The fraction of sp³-hybridized carbons (Fsp3) is 0.333. The van der Waals surface area contributed by atoms with Crippen molar-refractivity contribution in [2.24, 2.45) is 0 Å². The number of H-pyrrole nitrogens is 1. The van der Waals surface area contributed by atoms with Gasteiger partial charge in [-0.1, -0.05) is 36.4 Å². The van der Waals surface area contributed by atoms with E-state index in [4.69, 9.17) is 4.74 Å². The van der Waals surface area contributed by atoms with Crippen LogP contribution in [0.4, 0.5) is 10.5 Å². The van der Waals surface area contributed by atoms with Crippen LogP contribution in [0.25, 0.3) is 10.8 Å². The number of aromatic nitrogens is 2. The van der Waals surface area contributed by atoms with E-state index in [1.54, 1.807) is 40.0 Å². The van der Waals surface area contributed by atoms with E-state index in [1.807, 2.05) is 36.4 Å². The molecule has 32 heavy (non-hydrogen) atoms. The lowest BCUT2D eigenvalue weighted by Gasteiger charge is -2.32. The number of benzene rings is 2. The molecule has 0 fully saturated rings. The summed E-state index contributed by atoms with van der Waals surface area (Å²) >= 11 is 0. The van der Waals surface area contributed by atoms with Crippen LogP contribution in [0.3, 0.4) is 0 Å². The summed E-state index contributed by atoms with van der Waals surface area (Å²) in [6.07, 6.45) is 3.42. The zero-order valence-electron chi connectivity index (χ0n) is 18.7. The molecule has 1 heterocycles. The zero-order valence-corrected chi connectivity index (χ0v) is 18.7. The van der Waals surface area contributed by atoms with Gasteiger partial charge in [0, 0.05) is 23.7 Å². The quantitative estimate of drug-likeness (QED) is 0.551. The standard InChI is InChI=1S/C24H28N4O4/c1-16(27-23(31)32-24(2,3)4)22(30)28(19(14-29)12-18-13-25-15-26-18)21-11-7-9-17-8-5-6-10-20(17)21/h5-11,13-16,19H,12H2,1-4H3,(H,25,26)(H,27,31)/t16-,19-/m0/s1. The van der Waals surface area contributed by atoms with E-state index in [9.17, 15) is 14.4 Å². The molecule has 3 aromatic rings. The van der Waals surface area contributed by atoms with Crippen molar-refractivity contribution in [2.45, 2.75) is 51.8 Å². The van der Waals surface area contributed by atoms with Gasteiger partial charge in [0.1, 0.15) is 17.9 Å². The van der Waals surface area contributed by atoms with Crippen LogP contribution in [0.2, 0.25) is 0 Å². The molecule has 0 spiro atoms. The number of amides is 2. The first-order valence-electron chi connectivity index (χ1n) is 10.4. The minimum atomic E-state index is -0.923. The van der Waals surface area contributed by atoms with Crippen LogP contribution in [0, 0.1) is 0 Å². The van der Waals surface area contributed by atoms with Crippen LogP contribution < -0.4 is 10.2 Å². The summed E-state index contributed by atoms with van der Waals surface area (Å²) < 4.78 is 5.28. The molecular weight excluding hydrogens is 408 g/mol. The molecule has 168 valence electrons. The van der Waals surface area contributed by atoms with E-state index in [0.29, 0.717) is 11.4 Å². The highest BCUT2D eigenvalue weighted by molar-refractivity contribution is 6.08. The lowest BCUT2D eigenvalue weighted by Crippen LogP contribution is -2.52. The number of anilines is 1. The second-order valence-corrected chi connectivity index (χ2v) is 8.56. The molecule has 0 aliphatic rings. The molecule has 2 atom stereocenters. The molecule has 0 unspecified atom stereocenters. The Morgan fingerprint density at radius 2 is 1.91 bits per heavy atom. The van der Waals surface area contributed by atoms with Crippen molar-refractivity contribution >= 4 is 34.7 Å². The lowest BCUT2D eigenvalue weighted by atomic mass is 10.0. The highest BCUT2D eigenvalue weighted by Crippen LogP contribution is 2.29. The maximum Gasteiger partial charge on any atom is 0.408 e. The van der Waals surface area contributed by atoms with Gasteiger partial charge in [-0.25, -0.2) is 9.78 Å². The highest BCUT2D eigenvalue weighted by atomic mass is 16.6. The Morgan fingerprint density at radius 3 is 2.56 bits per heavy atom. The molecule has 0 radical (unpaired) electrons. The minimum absolute atomic E-state index is 0.248. The number of hydrogen-bond donors (Lipinski definition) is 2. The maximum atomic E-state index is 13.6. The molecule has 2 aromatic carbocycles. The van der Waals surface area contributed by atoms with Crippen molar-refractivity contribution in [3.05, 3.63) is 60.7 Å². The van der Waals surface area contributed by atoms with Gasteiger partial charge in [-0.2, -0.15) is 0 Å². The van der Waals surface area contributed by atoms with Crippen LogP contribution in [-0.4, -0.2) is 45.9 Å². The third-order valence-electron chi connectivity index (χ3n) is 4.84. The first-order valence-corrected chi connectivity index (χ1v) is 10.4. The fourth-order valence-electron chi connectivity index (χ4n) is 3.46. The van der Waals surface area contributed by atoms with Crippen LogP contribution in [0.15, 0.2) is 55.0 Å². The van der Waals surface area contributed by atoms with Crippen molar-refractivity contribution in [2.75, 3.05) is 4.90 Å². The van der Waals surface area contributed by atoms with Crippen molar-refractivity contribution in [3.63, 3.8) is 0 Å². The van der Waals surface area contributed by atoms with Gasteiger partial charge >= 0.3 is 6.09 Å². The lowest BCUT2D eigenvalue weighted by molar-refractivity contribution is -0.122. The van der Waals surface area contributed by atoms with Crippen LogP contribution in [0.5, 0.6) is 0 Å². The highest BCUT2D eigenvalue weighted by Gasteiger charge is 2.32. The summed E-state index contributed by atoms with van der Waals surface area (Å²) in [6, 6.07) is 11.5. The van der Waals surface area contributed by atoms with Gasteiger partial charge in [0.15, 0.2) is 0 Å². The number of aromatic amines is 1. The third-order valence-corrected chi connectivity index (χ3v) is 4.84. The fourth-order valence-corrected chi connectivity index (χ4v) is 3.46. The van der Waals surface area contributed by atoms with E-state index in [1.165, 1.54) is 11.2 Å². The summed E-state index contributed by atoms with van der Waals surface area (Å²) in [4.78, 5) is 46.4. The number of ether oxygens (including phenoxy) is 1. The van der Waals surface area contributed by atoms with E-state index in [-0.39, 0.29) is 6.42 Å². The SMILES string of the molecule is C[C@H](NC(=O)OC(C)(C)C)C(=O)N(c1cccc2ccccc12)[C@H](C=O)Cc1cnc[nH]1. The number of imidazole rings is 1. The molecular formula is C24H28N4O4. The zero-order chi connectivity index (χ0) is 23.3. The number of rotatable bonds is 7. The number of carbonyl (C=O) groups excluding carboxylic acids is 3. The summed E-state index contributed by atoms with van der Waals surface area (Å²) in [5.74, 6) is -0.427. The molecule has 1 aromatic heterocycles. The van der Waals surface area contributed by atoms with Crippen molar-refractivity contribution < 1.29 is 19.1 Å². The number of carbonyl (C=O) groups is 3. The number of alkyl carbamates (subject to hydrolysis) is 1.